The van der Waals surface area contributed by atoms with Gasteiger partial charge < -0.3 is 9.47 Å². The maximum atomic E-state index is 11.2. The minimum atomic E-state index is -0.892. The molecule has 80 valence electrons. The first-order chi connectivity index (χ1) is 6.47. The highest BCUT2D eigenvalue weighted by Gasteiger charge is 2.19. The van der Waals surface area contributed by atoms with Gasteiger partial charge in [-0.05, 0) is 13.8 Å². The van der Waals surface area contributed by atoms with Crippen LogP contribution in [0.5, 0.6) is 0 Å². The van der Waals surface area contributed by atoms with Crippen molar-refractivity contribution in [1.82, 2.24) is 0 Å². The number of hydrogen-bond donors (Lipinski definition) is 0. The summed E-state index contributed by atoms with van der Waals surface area (Å²) in [6.45, 7) is 4.50. The molecule has 1 atom stereocenters. The van der Waals surface area contributed by atoms with Gasteiger partial charge in [0.15, 0.2) is 11.9 Å². The highest BCUT2D eigenvalue weighted by atomic mass is 16.5. The van der Waals surface area contributed by atoms with Gasteiger partial charge in [-0.15, -0.1) is 0 Å². The topological polar surface area (TPSA) is 69.7 Å². The number of carbonyl (C=O) groups is 3. The Morgan fingerprint density at radius 1 is 1.29 bits per heavy atom. The molecule has 0 radical (unpaired) electrons. The van der Waals surface area contributed by atoms with Crippen LogP contribution in [0, 0.1) is 0 Å². The second-order valence-electron chi connectivity index (χ2n) is 2.70. The fourth-order valence-corrected chi connectivity index (χ4v) is 0.813. The van der Waals surface area contributed by atoms with Crippen molar-refractivity contribution in [2.45, 2.75) is 33.3 Å². The molecule has 14 heavy (non-hydrogen) atoms. The van der Waals surface area contributed by atoms with Crippen LogP contribution in [-0.4, -0.2) is 30.4 Å². The van der Waals surface area contributed by atoms with Crippen LogP contribution in [0.1, 0.15) is 27.2 Å². The third-order valence-electron chi connectivity index (χ3n) is 1.42. The molecular formula is C9H14O5. The highest BCUT2D eigenvalue weighted by Crippen LogP contribution is 1.99. The van der Waals surface area contributed by atoms with Crippen molar-refractivity contribution < 1.29 is 23.9 Å². The lowest BCUT2D eigenvalue weighted by Crippen LogP contribution is -2.25. The van der Waals surface area contributed by atoms with Gasteiger partial charge in [-0.1, -0.05) is 0 Å². The van der Waals surface area contributed by atoms with Crippen molar-refractivity contribution in [3.63, 3.8) is 0 Å². The molecule has 0 aromatic rings. The van der Waals surface area contributed by atoms with Gasteiger partial charge in [0.2, 0.25) is 0 Å². The Kier molecular flexibility index (Phi) is 5.52. The first-order valence-electron chi connectivity index (χ1n) is 4.33. The molecule has 0 saturated carbocycles. The van der Waals surface area contributed by atoms with Crippen LogP contribution in [0.3, 0.4) is 0 Å². The molecule has 0 aliphatic heterocycles. The monoisotopic (exact) mass is 202 g/mol. The lowest BCUT2D eigenvalue weighted by atomic mass is 10.2. The van der Waals surface area contributed by atoms with E-state index < -0.39 is 23.8 Å². The van der Waals surface area contributed by atoms with Gasteiger partial charge in [-0.2, -0.15) is 0 Å². The smallest absolute Gasteiger partial charge is 0.313 e. The van der Waals surface area contributed by atoms with Crippen molar-refractivity contribution in [1.29, 1.82) is 0 Å². The van der Waals surface area contributed by atoms with E-state index >= 15 is 0 Å². The molecule has 0 fully saturated rings. The molecule has 0 saturated heterocycles. The fourth-order valence-electron chi connectivity index (χ4n) is 0.813. The number of carbonyl (C=O) groups excluding carboxylic acids is 3. The van der Waals surface area contributed by atoms with Gasteiger partial charge in [0.1, 0.15) is 6.42 Å². The van der Waals surface area contributed by atoms with Gasteiger partial charge in [0.05, 0.1) is 6.61 Å². The number of hydrogen-bond acceptors (Lipinski definition) is 5. The summed E-state index contributed by atoms with van der Waals surface area (Å²) in [5.74, 6) is -1.61. The third-order valence-corrected chi connectivity index (χ3v) is 1.42. The van der Waals surface area contributed by atoms with E-state index in [1.165, 1.54) is 13.8 Å². The number of Topliss-reactive ketones (excluding diaryl/α,β-unsaturated/α-hetero) is 1. The second kappa shape index (κ2) is 6.12. The van der Waals surface area contributed by atoms with E-state index in [4.69, 9.17) is 0 Å². The largest absolute Gasteiger partial charge is 0.466 e. The van der Waals surface area contributed by atoms with Crippen LogP contribution in [0.15, 0.2) is 0 Å². The van der Waals surface area contributed by atoms with Crippen molar-refractivity contribution in [2.24, 2.45) is 0 Å². The maximum absolute atomic E-state index is 11.2. The van der Waals surface area contributed by atoms with Gasteiger partial charge in [0.25, 0.3) is 0 Å². The van der Waals surface area contributed by atoms with E-state index in [9.17, 15) is 14.4 Å². The zero-order valence-corrected chi connectivity index (χ0v) is 8.53. The quantitative estimate of drug-likeness (QED) is 0.478. The fraction of sp³-hybridized carbons (Fsp3) is 0.667. The van der Waals surface area contributed by atoms with Crippen LogP contribution in [0.2, 0.25) is 0 Å². The minimum Gasteiger partial charge on any atom is -0.466 e. The number of ketones is 1. The van der Waals surface area contributed by atoms with Crippen LogP contribution in [0.4, 0.5) is 0 Å². The Bertz CT molecular complexity index is 233. The summed E-state index contributed by atoms with van der Waals surface area (Å²) >= 11 is 0. The van der Waals surface area contributed by atoms with Crippen molar-refractivity contribution >= 4 is 17.7 Å². The summed E-state index contributed by atoms with van der Waals surface area (Å²) in [4.78, 5) is 32.5. The van der Waals surface area contributed by atoms with Crippen LogP contribution in [0.25, 0.3) is 0 Å². The first-order valence-corrected chi connectivity index (χ1v) is 4.33. The lowest BCUT2D eigenvalue weighted by Gasteiger charge is -2.09. The first kappa shape index (κ1) is 12.6. The molecule has 0 rings (SSSR count). The molecule has 0 bridgehead atoms. The molecule has 5 heteroatoms. The molecular weight excluding hydrogens is 188 g/mol. The number of ether oxygens (including phenoxy) is 2. The van der Waals surface area contributed by atoms with Gasteiger partial charge in [-0.25, -0.2) is 0 Å². The summed E-state index contributed by atoms with van der Waals surface area (Å²) < 4.78 is 9.16. The lowest BCUT2D eigenvalue weighted by molar-refractivity contribution is -0.155. The van der Waals surface area contributed by atoms with Crippen LogP contribution >= 0.6 is 0 Å². The average molecular weight is 202 g/mol. The standard InChI is InChI=1S/C9H14O5/c1-4-13-9(12)5-8(11)6(2)14-7(3)10/h6H,4-5H2,1-3H3/t6-/m1/s1. The SMILES string of the molecule is CCOC(=O)CC(=O)[C@@H](C)OC(C)=O. The van der Waals surface area contributed by atoms with E-state index in [1.54, 1.807) is 6.92 Å². The molecule has 0 amide bonds. The van der Waals surface area contributed by atoms with E-state index in [1.807, 2.05) is 0 Å². The maximum Gasteiger partial charge on any atom is 0.313 e. The molecule has 0 unspecified atom stereocenters. The molecule has 0 heterocycles. The Balaban J connectivity index is 3.95. The highest BCUT2D eigenvalue weighted by molar-refractivity contribution is 5.98. The zero-order valence-electron chi connectivity index (χ0n) is 8.53. The van der Waals surface area contributed by atoms with Gasteiger partial charge in [-0.3, -0.25) is 14.4 Å². The summed E-state index contributed by atoms with van der Waals surface area (Å²) in [5.41, 5.74) is 0. The molecule has 0 aromatic heterocycles. The predicted molar refractivity (Wildman–Crippen MR) is 47.5 cm³/mol. The Morgan fingerprint density at radius 3 is 2.29 bits per heavy atom. The Labute approximate surface area is 82.4 Å². The number of esters is 2. The van der Waals surface area contributed by atoms with Crippen LogP contribution < -0.4 is 0 Å². The van der Waals surface area contributed by atoms with Gasteiger partial charge >= 0.3 is 11.9 Å². The van der Waals surface area contributed by atoms with E-state index in [0.717, 1.165) is 0 Å². The van der Waals surface area contributed by atoms with Crippen molar-refractivity contribution in [3.05, 3.63) is 0 Å². The summed E-state index contributed by atoms with van der Waals surface area (Å²) in [7, 11) is 0. The molecule has 0 aliphatic rings. The molecule has 0 aliphatic carbocycles. The Hall–Kier alpha value is -1.39. The predicted octanol–water partition coefficient (Wildman–Crippen LogP) is 0.460. The third kappa shape index (κ3) is 5.29. The molecule has 0 N–H and O–H groups in total. The summed E-state index contributed by atoms with van der Waals surface area (Å²) in [6.07, 6.45) is -1.25. The minimum absolute atomic E-state index is 0.230. The summed E-state index contributed by atoms with van der Waals surface area (Å²) in [6, 6.07) is 0. The van der Waals surface area contributed by atoms with Crippen molar-refractivity contribution in [2.75, 3.05) is 6.61 Å². The Morgan fingerprint density at radius 2 is 1.86 bits per heavy atom. The van der Waals surface area contributed by atoms with Crippen molar-refractivity contribution in [3.8, 4) is 0 Å². The zero-order chi connectivity index (χ0) is 11.1. The molecule has 0 spiro atoms. The molecule has 5 nitrogen and oxygen atoms in total. The van der Waals surface area contributed by atoms with E-state index in [-0.39, 0.29) is 13.0 Å². The van der Waals surface area contributed by atoms with E-state index in [2.05, 4.69) is 9.47 Å². The van der Waals surface area contributed by atoms with Crippen LogP contribution in [-0.2, 0) is 23.9 Å². The van der Waals surface area contributed by atoms with E-state index in [0.29, 0.717) is 0 Å². The normalized spacial score (nSPS) is 11.6. The molecule has 0 aromatic carbocycles. The number of rotatable bonds is 5. The van der Waals surface area contributed by atoms with Gasteiger partial charge in [0, 0.05) is 6.92 Å². The summed E-state index contributed by atoms with van der Waals surface area (Å²) in [5, 5.41) is 0. The average Bonchev–Trinajstić information content (AvgIpc) is 2.02. The second-order valence-corrected chi connectivity index (χ2v) is 2.70.